The zero-order valence-electron chi connectivity index (χ0n) is 12.7. The molecule has 2 bridgehead atoms. The Balaban J connectivity index is 1.54. The van der Waals surface area contributed by atoms with Crippen LogP contribution in [0, 0.1) is 29.6 Å². The van der Waals surface area contributed by atoms with Crippen molar-refractivity contribution in [3.8, 4) is 11.8 Å². The van der Waals surface area contributed by atoms with Crippen LogP contribution in [0.3, 0.4) is 0 Å². The van der Waals surface area contributed by atoms with Gasteiger partial charge in [0.25, 0.3) is 0 Å². The summed E-state index contributed by atoms with van der Waals surface area (Å²) in [5.41, 5.74) is -0.823. The van der Waals surface area contributed by atoms with Crippen LogP contribution in [-0.2, 0) is 0 Å². The Morgan fingerprint density at radius 2 is 1.95 bits per heavy atom. The lowest BCUT2D eigenvalue weighted by molar-refractivity contribution is 0.0430. The van der Waals surface area contributed by atoms with E-state index in [4.69, 9.17) is 0 Å². The van der Waals surface area contributed by atoms with Crippen LogP contribution in [0.4, 0.5) is 0 Å². The second-order valence-electron chi connectivity index (χ2n) is 6.92. The number of rotatable bonds is 2. The summed E-state index contributed by atoms with van der Waals surface area (Å²) < 4.78 is 0. The molecule has 0 radical (unpaired) electrons. The maximum absolute atomic E-state index is 10.7. The Labute approximate surface area is 122 Å². The number of fused-ring (bicyclic) bond motifs is 2. The molecule has 0 aromatic heterocycles. The molecule has 20 heavy (non-hydrogen) atoms. The first-order valence-electron chi connectivity index (χ1n) is 7.86. The Morgan fingerprint density at radius 1 is 1.20 bits per heavy atom. The molecule has 1 heterocycles. The molecule has 3 heteroatoms. The van der Waals surface area contributed by atoms with Crippen LogP contribution >= 0.6 is 0 Å². The highest BCUT2D eigenvalue weighted by atomic mass is 16.3. The summed E-state index contributed by atoms with van der Waals surface area (Å²) in [7, 11) is 2.16. The molecule has 1 N–H and O–H groups in total. The van der Waals surface area contributed by atoms with Gasteiger partial charge < -0.3 is 10.0 Å². The van der Waals surface area contributed by atoms with E-state index < -0.39 is 5.60 Å². The summed E-state index contributed by atoms with van der Waals surface area (Å²) >= 11 is 0. The monoisotopic (exact) mass is 274 g/mol. The maximum atomic E-state index is 10.7. The van der Waals surface area contributed by atoms with Gasteiger partial charge in [0, 0.05) is 32.1 Å². The minimum Gasteiger partial charge on any atom is -0.378 e. The van der Waals surface area contributed by atoms with Gasteiger partial charge in [0.2, 0.25) is 0 Å². The van der Waals surface area contributed by atoms with Gasteiger partial charge in [0.05, 0.1) is 6.54 Å². The largest absolute Gasteiger partial charge is 0.378 e. The van der Waals surface area contributed by atoms with Crippen molar-refractivity contribution in [3.63, 3.8) is 0 Å². The predicted octanol–water partition coefficient (Wildman–Crippen LogP) is 1.20. The van der Waals surface area contributed by atoms with Crippen molar-refractivity contribution in [2.75, 3.05) is 39.8 Å². The van der Waals surface area contributed by atoms with Crippen molar-refractivity contribution < 1.29 is 5.11 Å². The van der Waals surface area contributed by atoms with E-state index >= 15 is 0 Å². The van der Waals surface area contributed by atoms with Crippen molar-refractivity contribution in [2.45, 2.75) is 25.4 Å². The van der Waals surface area contributed by atoms with Gasteiger partial charge in [-0.05, 0) is 38.6 Å². The third-order valence-corrected chi connectivity index (χ3v) is 5.24. The molecule has 0 aromatic rings. The van der Waals surface area contributed by atoms with Crippen LogP contribution in [0.1, 0.15) is 19.8 Å². The number of nitrogens with zero attached hydrogens (tertiary/aromatic N) is 2. The number of hydrogen-bond donors (Lipinski definition) is 1. The number of hydrogen-bond acceptors (Lipinski definition) is 3. The van der Waals surface area contributed by atoms with E-state index in [9.17, 15) is 5.11 Å². The van der Waals surface area contributed by atoms with E-state index in [1.165, 1.54) is 6.42 Å². The summed E-state index contributed by atoms with van der Waals surface area (Å²) in [4.78, 5) is 4.73. The third-order valence-electron chi connectivity index (χ3n) is 5.24. The maximum Gasteiger partial charge on any atom is 0.126 e. The fraction of sp³-hybridized carbons (Fsp3) is 0.765. The highest BCUT2D eigenvalue weighted by molar-refractivity contribution is 5.22. The van der Waals surface area contributed by atoms with Crippen LogP contribution in [0.5, 0.6) is 0 Å². The van der Waals surface area contributed by atoms with Gasteiger partial charge in [-0.25, -0.2) is 0 Å². The molecule has 1 aliphatic heterocycles. The van der Waals surface area contributed by atoms with Crippen LogP contribution in [0.2, 0.25) is 0 Å². The van der Waals surface area contributed by atoms with Crippen LogP contribution in [0.25, 0.3) is 0 Å². The van der Waals surface area contributed by atoms with Gasteiger partial charge in [-0.3, -0.25) is 4.90 Å². The fourth-order valence-corrected chi connectivity index (χ4v) is 3.86. The third kappa shape index (κ3) is 2.93. The van der Waals surface area contributed by atoms with Gasteiger partial charge in [-0.2, -0.15) is 0 Å². The number of piperazine rings is 1. The van der Waals surface area contributed by atoms with Crippen molar-refractivity contribution in [2.24, 2.45) is 17.8 Å². The summed E-state index contributed by atoms with van der Waals surface area (Å²) in [6.45, 7) is 7.11. The number of likely N-dealkylation sites (N-methyl/N-ethyl adjacent to an activating group) is 1. The van der Waals surface area contributed by atoms with E-state index in [2.05, 4.69) is 40.8 Å². The summed E-state index contributed by atoms with van der Waals surface area (Å²) in [5, 5.41) is 10.7. The molecule has 3 nitrogen and oxygen atoms in total. The molecule has 0 unspecified atom stereocenters. The van der Waals surface area contributed by atoms with Crippen molar-refractivity contribution in [3.05, 3.63) is 12.2 Å². The lowest BCUT2D eigenvalue weighted by atomic mass is 9.80. The SMILES string of the molecule is CN1CCN(CC#C[C@](C)(O)[C@H]2C[C@H]3C=C[C@H]2C3)CC1. The van der Waals surface area contributed by atoms with Crippen LogP contribution in [0.15, 0.2) is 12.2 Å². The first kappa shape index (κ1) is 14.1. The molecule has 1 saturated heterocycles. The highest BCUT2D eigenvalue weighted by Gasteiger charge is 2.44. The smallest absolute Gasteiger partial charge is 0.126 e. The molecule has 4 atom stereocenters. The van der Waals surface area contributed by atoms with Crippen molar-refractivity contribution in [1.82, 2.24) is 9.80 Å². The fourth-order valence-electron chi connectivity index (χ4n) is 3.86. The molecule has 110 valence electrons. The first-order valence-corrected chi connectivity index (χ1v) is 7.86. The van der Waals surface area contributed by atoms with Gasteiger partial charge in [-0.15, -0.1) is 0 Å². The molecule has 0 aromatic carbocycles. The summed E-state index contributed by atoms with van der Waals surface area (Å²) in [6, 6.07) is 0. The zero-order chi connectivity index (χ0) is 14.2. The van der Waals surface area contributed by atoms with Gasteiger partial charge >= 0.3 is 0 Å². The molecular weight excluding hydrogens is 248 g/mol. The minimum absolute atomic E-state index is 0.331. The standard InChI is InChI=1S/C17H26N2O/c1-17(20,16-13-14-4-5-15(16)12-14)6-3-7-19-10-8-18(2)9-11-19/h4-5,14-16,20H,7-13H2,1-2H3/t14-,15-,16-,17-/m0/s1. The number of allylic oxidation sites excluding steroid dienone is 2. The molecule has 3 aliphatic rings. The Bertz CT molecular complexity index is 438. The average molecular weight is 274 g/mol. The summed E-state index contributed by atoms with van der Waals surface area (Å²) in [5.74, 6) is 7.96. The van der Waals surface area contributed by atoms with E-state index in [-0.39, 0.29) is 0 Å². The minimum atomic E-state index is -0.823. The summed E-state index contributed by atoms with van der Waals surface area (Å²) in [6.07, 6.45) is 6.93. The van der Waals surface area contributed by atoms with E-state index in [0.29, 0.717) is 17.8 Å². The van der Waals surface area contributed by atoms with E-state index in [1.807, 2.05) is 6.92 Å². The normalized spacial score (nSPS) is 36.6. The lowest BCUT2D eigenvalue weighted by Crippen LogP contribution is -2.44. The van der Waals surface area contributed by atoms with Crippen LogP contribution in [-0.4, -0.2) is 60.3 Å². The van der Waals surface area contributed by atoms with Crippen molar-refractivity contribution >= 4 is 0 Å². The second kappa shape index (κ2) is 5.52. The lowest BCUT2D eigenvalue weighted by Gasteiger charge is -2.31. The first-order chi connectivity index (χ1) is 9.54. The van der Waals surface area contributed by atoms with E-state index in [0.717, 1.165) is 39.1 Å². The Hall–Kier alpha value is -0.820. The Morgan fingerprint density at radius 3 is 2.55 bits per heavy atom. The molecular formula is C17H26N2O. The van der Waals surface area contributed by atoms with Gasteiger partial charge in [0.1, 0.15) is 5.60 Å². The quantitative estimate of drug-likeness (QED) is 0.605. The van der Waals surface area contributed by atoms with E-state index in [1.54, 1.807) is 0 Å². The molecule has 0 amide bonds. The molecule has 2 aliphatic carbocycles. The van der Waals surface area contributed by atoms with Crippen LogP contribution < -0.4 is 0 Å². The molecule has 3 rings (SSSR count). The topological polar surface area (TPSA) is 26.7 Å². The van der Waals surface area contributed by atoms with Gasteiger partial charge in [0.15, 0.2) is 0 Å². The average Bonchev–Trinajstić information content (AvgIpc) is 3.04. The molecule has 2 fully saturated rings. The molecule has 1 saturated carbocycles. The predicted molar refractivity (Wildman–Crippen MR) is 81.2 cm³/mol. The Kier molecular flexibility index (Phi) is 3.90. The van der Waals surface area contributed by atoms with Crippen molar-refractivity contribution in [1.29, 1.82) is 0 Å². The van der Waals surface area contributed by atoms with Gasteiger partial charge in [-0.1, -0.05) is 24.0 Å². The number of aliphatic hydroxyl groups is 1. The second-order valence-corrected chi connectivity index (χ2v) is 6.92. The highest BCUT2D eigenvalue weighted by Crippen LogP contribution is 2.47. The zero-order valence-corrected chi connectivity index (χ0v) is 12.7. The molecule has 0 spiro atoms.